The van der Waals surface area contributed by atoms with Gasteiger partial charge in [0.1, 0.15) is 17.5 Å². The monoisotopic (exact) mass is 285 g/mol. The zero-order valence-corrected chi connectivity index (χ0v) is 11.2. The maximum Gasteiger partial charge on any atom is 0.144 e. The fourth-order valence-electron chi connectivity index (χ4n) is 2.67. The van der Waals surface area contributed by atoms with Crippen molar-refractivity contribution in [1.29, 1.82) is 0 Å². The molecule has 0 atom stereocenters. The molecule has 2 N–H and O–H groups in total. The van der Waals surface area contributed by atoms with Gasteiger partial charge in [0, 0.05) is 11.7 Å². The summed E-state index contributed by atoms with van der Waals surface area (Å²) in [6.45, 7) is 0. The Balaban J connectivity index is 2.01. The summed E-state index contributed by atoms with van der Waals surface area (Å²) >= 11 is 0. The van der Waals surface area contributed by atoms with Crippen LogP contribution in [0.2, 0.25) is 0 Å². The van der Waals surface area contributed by atoms with Crippen molar-refractivity contribution in [1.82, 2.24) is 9.55 Å². The van der Waals surface area contributed by atoms with Crippen molar-refractivity contribution in [3.63, 3.8) is 0 Å². The van der Waals surface area contributed by atoms with E-state index >= 15 is 0 Å². The average molecular weight is 285 g/mol. The molecule has 5 heteroatoms. The fraction of sp³-hybridized carbons (Fsp3) is 0.188. The van der Waals surface area contributed by atoms with Crippen molar-refractivity contribution in [2.24, 2.45) is 0 Å². The molecule has 0 unspecified atom stereocenters. The molecule has 1 aliphatic carbocycles. The molecule has 106 valence electrons. The number of benzene rings is 2. The summed E-state index contributed by atoms with van der Waals surface area (Å²) in [5.41, 5.74) is 7.75. The summed E-state index contributed by atoms with van der Waals surface area (Å²) in [4.78, 5) is 4.49. The molecule has 0 saturated heterocycles. The maximum absolute atomic E-state index is 14.2. The Morgan fingerprint density at radius 3 is 2.62 bits per heavy atom. The summed E-state index contributed by atoms with van der Waals surface area (Å²) in [5.74, 6) is -0.183. The van der Waals surface area contributed by atoms with E-state index in [0.29, 0.717) is 28.1 Å². The van der Waals surface area contributed by atoms with E-state index in [1.54, 1.807) is 18.2 Å². The van der Waals surface area contributed by atoms with Crippen molar-refractivity contribution < 1.29 is 8.78 Å². The molecule has 1 heterocycles. The molecular weight excluding hydrogens is 272 g/mol. The number of fused-ring (bicyclic) bond motifs is 1. The van der Waals surface area contributed by atoms with E-state index in [1.807, 2.05) is 4.57 Å². The summed E-state index contributed by atoms with van der Waals surface area (Å²) < 4.78 is 29.7. The highest BCUT2D eigenvalue weighted by molar-refractivity contribution is 5.81. The van der Waals surface area contributed by atoms with Gasteiger partial charge in [0.15, 0.2) is 0 Å². The van der Waals surface area contributed by atoms with Crippen LogP contribution in [0.3, 0.4) is 0 Å². The first-order chi connectivity index (χ1) is 10.1. The van der Waals surface area contributed by atoms with Crippen molar-refractivity contribution in [3.8, 4) is 11.4 Å². The molecule has 1 aromatic heterocycles. The Bertz CT molecular complexity index is 850. The zero-order chi connectivity index (χ0) is 14.6. The molecule has 3 aromatic rings. The molecule has 0 amide bonds. The van der Waals surface area contributed by atoms with Crippen LogP contribution in [0.15, 0.2) is 36.4 Å². The van der Waals surface area contributed by atoms with E-state index in [9.17, 15) is 8.78 Å². The first kappa shape index (κ1) is 12.3. The minimum absolute atomic E-state index is 0.267. The van der Waals surface area contributed by atoms with E-state index in [1.165, 1.54) is 18.2 Å². The second-order valence-electron chi connectivity index (χ2n) is 5.41. The number of nitrogen functional groups attached to an aromatic ring is 1. The quantitative estimate of drug-likeness (QED) is 0.726. The lowest BCUT2D eigenvalue weighted by molar-refractivity contribution is 0.626. The van der Waals surface area contributed by atoms with Gasteiger partial charge < -0.3 is 10.3 Å². The molecule has 0 bridgehead atoms. The fourth-order valence-corrected chi connectivity index (χ4v) is 2.67. The van der Waals surface area contributed by atoms with Crippen LogP contribution in [-0.2, 0) is 0 Å². The molecule has 0 radical (unpaired) electrons. The van der Waals surface area contributed by atoms with Crippen molar-refractivity contribution in [2.75, 3.05) is 5.73 Å². The molecule has 2 aromatic carbocycles. The van der Waals surface area contributed by atoms with Crippen LogP contribution in [0, 0.1) is 11.6 Å². The van der Waals surface area contributed by atoms with Gasteiger partial charge in [-0.05, 0) is 49.2 Å². The number of halogens is 2. The Kier molecular flexibility index (Phi) is 2.51. The highest BCUT2D eigenvalue weighted by Gasteiger charge is 2.29. The van der Waals surface area contributed by atoms with Crippen LogP contribution in [0.5, 0.6) is 0 Å². The second-order valence-corrected chi connectivity index (χ2v) is 5.41. The SMILES string of the molecule is Nc1ccc(-c2nc3ccc(F)cc3n2C2CC2)c(F)c1. The third-order valence-corrected chi connectivity index (χ3v) is 3.80. The van der Waals surface area contributed by atoms with Crippen molar-refractivity contribution >= 4 is 16.7 Å². The molecule has 0 aliphatic heterocycles. The van der Waals surface area contributed by atoms with Gasteiger partial charge in [0.05, 0.1) is 16.6 Å². The molecule has 4 rings (SSSR count). The number of rotatable bonds is 2. The highest BCUT2D eigenvalue weighted by atomic mass is 19.1. The standard InChI is InChI=1S/C16H13F2N3/c17-9-1-6-14-15(7-9)21(11-3-4-11)16(20-14)12-5-2-10(19)8-13(12)18/h1-2,5-8,11H,3-4,19H2. The maximum atomic E-state index is 14.2. The lowest BCUT2D eigenvalue weighted by Crippen LogP contribution is -1.99. The molecule has 21 heavy (non-hydrogen) atoms. The van der Waals surface area contributed by atoms with E-state index in [2.05, 4.69) is 4.98 Å². The predicted octanol–water partition coefficient (Wildman–Crippen LogP) is 3.90. The van der Waals surface area contributed by atoms with E-state index in [-0.39, 0.29) is 11.9 Å². The number of nitrogens with zero attached hydrogens (tertiary/aromatic N) is 2. The number of imidazole rings is 1. The minimum atomic E-state index is -0.410. The van der Waals surface area contributed by atoms with Gasteiger partial charge in [-0.15, -0.1) is 0 Å². The highest BCUT2D eigenvalue weighted by Crippen LogP contribution is 2.41. The normalized spacial score (nSPS) is 14.8. The summed E-state index contributed by atoms with van der Waals surface area (Å²) in [7, 11) is 0. The van der Waals surface area contributed by atoms with Gasteiger partial charge in [-0.25, -0.2) is 13.8 Å². The van der Waals surface area contributed by atoms with Gasteiger partial charge in [-0.1, -0.05) is 0 Å². The Labute approximate surface area is 120 Å². The second kappa shape index (κ2) is 4.28. The third kappa shape index (κ3) is 1.96. The summed E-state index contributed by atoms with van der Waals surface area (Å²) in [6, 6.07) is 9.28. The van der Waals surface area contributed by atoms with E-state index < -0.39 is 5.82 Å². The van der Waals surface area contributed by atoms with E-state index in [4.69, 9.17) is 5.73 Å². The van der Waals surface area contributed by atoms with Gasteiger partial charge >= 0.3 is 0 Å². The van der Waals surface area contributed by atoms with Gasteiger partial charge in [0.25, 0.3) is 0 Å². The molecular formula is C16H13F2N3. The minimum Gasteiger partial charge on any atom is -0.399 e. The van der Waals surface area contributed by atoms with Gasteiger partial charge in [0.2, 0.25) is 0 Å². The number of anilines is 1. The van der Waals surface area contributed by atoms with E-state index in [0.717, 1.165) is 12.8 Å². The Morgan fingerprint density at radius 1 is 1.10 bits per heavy atom. The summed E-state index contributed by atoms with van der Waals surface area (Å²) in [5, 5.41) is 0. The van der Waals surface area contributed by atoms with Crippen LogP contribution >= 0.6 is 0 Å². The third-order valence-electron chi connectivity index (χ3n) is 3.80. The largest absolute Gasteiger partial charge is 0.399 e. The van der Waals surface area contributed by atoms with Crippen molar-refractivity contribution in [3.05, 3.63) is 48.0 Å². The van der Waals surface area contributed by atoms with Crippen LogP contribution < -0.4 is 5.73 Å². The van der Waals surface area contributed by atoms with Crippen LogP contribution in [0.4, 0.5) is 14.5 Å². The van der Waals surface area contributed by atoms with Crippen LogP contribution in [0.25, 0.3) is 22.4 Å². The van der Waals surface area contributed by atoms with Gasteiger partial charge in [-0.3, -0.25) is 0 Å². The number of hydrogen-bond donors (Lipinski definition) is 1. The molecule has 1 fully saturated rings. The predicted molar refractivity (Wildman–Crippen MR) is 77.8 cm³/mol. The Hall–Kier alpha value is -2.43. The topological polar surface area (TPSA) is 43.8 Å². The molecule has 3 nitrogen and oxygen atoms in total. The molecule has 0 spiro atoms. The Morgan fingerprint density at radius 2 is 1.90 bits per heavy atom. The van der Waals surface area contributed by atoms with Crippen molar-refractivity contribution in [2.45, 2.75) is 18.9 Å². The first-order valence-electron chi connectivity index (χ1n) is 6.86. The summed E-state index contributed by atoms with van der Waals surface area (Å²) in [6.07, 6.45) is 2.01. The average Bonchev–Trinajstić information content (AvgIpc) is 3.20. The number of aromatic nitrogens is 2. The number of hydrogen-bond acceptors (Lipinski definition) is 2. The lowest BCUT2D eigenvalue weighted by atomic mass is 10.2. The van der Waals surface area contributed by atoms with Gasteiger partial charge in [-0.2, -0.15) is 0 Å². The first-order valence-corrected chi connectivity index (χ1v) is 6.86. The number of nitrogens with two attached hydrogens (primary N) is 1. The smallest absolute Gasteiger partial charge is 0.144 e. The molecule has 1 aliphatic rings. The molecule has 1 saturated carbocycles. The van der Waals surface area contributed by atoms with Crippen LogP contribution in [-0.4, -0.2) is 9.55 Å². The lowest BCUT2D eigenvalue weighted by Gasteiger charge is -2.09. The zero-order valence-electron chi connectivity index (χ0n) is 11.2. The van der Waals surface area contributed by atoms with Crippen LogP contribution in [0.1, 0.15) is 18.9 Å².